The summed E-state index contributed by atoms with van der Waals surface area (Å²) < 4.78 is 0. The fourth-order valence-corrected chi connectivity index (χ4v) is 2.70. The van der Waals surface area contributed by atoms with Crippen molar-refractivity contribution in [1.29, 1.82) is 0 Å². The van der Waals surface area contributed by atoms with Gasteiger partial charge in [-0.15, -0.1) is 0 Å². The molecule has 4 aromatic carbocycles. The number of hydrogen-bond acceptors (Lipinski definition) is 1. The van der Waals surface area contributed by atoms with Crippen LogP contribution in [-0.4, -0.2) is 5.11 Å². The van der Waals surface area contributed by atoms with Gasteiger partial charge in [-0.2, -0.15) is 0 Å². The second kappa shape index (κ2) is 3.72. The van der Waals surface area contributed by atoms with Crippen LogP contribution in [0, 0.1) is 0 Å². The third-order valence-corrected chi connectivity index (χ3v) is 3.68. The normalized spacial score (nSPS) is 11.4. The van der Waals surface area contributed by atoms with E-state index in [2.05, 4.69) is 42.5 Å². The van der Waals surface area contributed by atoms with Crippen LogP contribution < -0.4 is 0 Å². The van der Waals surface area contributed by atoms with Gasteiger partial charge < -0.3 is 5.11 Å². The van der Waals surface area contributed by atoms with Gasteiger partial charge >= 0.3 is 0 Å². The summed E-state index contributed by atoms with van der Waals surface area (Å²) in [7, 11) is 0. The highest BCUT2D eigenvalue weighted by molar-refractivity contribution is 6.05. The van der Waals surface area contributed by atoms with E-state index in [-0.39, 0.29) is 0 Å². The second-order valence-electron chi connectivity index (χ2n) is 4.90. The van der Waals surface area contributed by atoms with Crippen LogP contribution in [0.1, 0.15) is 0 Å². The van der Waals surface area contributed by atoms with Crippen LogP contribution in [0.4, 0.5) is 0 Å². The van der Waals surface area contributed by atoms with Gasteiger partial charge in [0.25, 0.3) is 0 Å². The van der Waals surface area contributed by atoms with Gasteiger partial charge in [0.1, 0.15) is 5.75 Å². The first-order chi connectivity index (χ1) is 9.31. The van der Waals surface area contributed by atoms with Crippen LogP contribution in [0.2, 0.25) is 0 Å². The van der Waals surface area contributed by atoms with Gasteiger partial charge in [-0.25, -0.2) is 0 Å². The number of phenols is 1. The number of phenolic OH excluding ortho intramolecular Hbond substituents is 1. The molecule has 0 aliphatic rings. The minimum Gasteiger partial charge on any atom is -0.507 e. The number of rotatable bonds is 0. The molecule has 0 radical (unpaired) electrons. The summed E-state index contributed by atoms with van der Waals surface area (Å²) in [5.41, 5.74) is 0. The van der Waals surface area contributed by atoms with E-state index in [0.29, 0.717) is 5.75 Å². The van der Waals surface area contributed by atoms with Crippen LogP contribution in [-0.2, 0) is 0 Å². The van der Waals surface area contributed by atoms with E-state index >= 15 is 0 Å². The second-order valence-corrected chi connectivity index (χ2v) is 4.90. The average Bonchev–Trinajstić information content (AvgIpc) is 2.44. The van der Waals surface area contributed by atoms with Crippen molar-refractivity contribution in [3.8, 4) is 5.75 Å². The molecule has 0 aliphatic carbocycles. The van der Waals surface area contributed by atoms with Gasteiger partial charge in [0.05, 0.1) is 0 Å². The zero-order chi connectivity index (χ0) is 12.8. The van der Waals surface area contributed by atoms with Gasteiger partial charge in [-0.1, -0.05) is 36.4 Å². The lowest BCUT2D eigenvalue weighted by Crippen LogP contribution is -1.79. The van der Waals surface area contributed by atoms with Crippen LogP contribution in [0.5, 0.6) is 5.75 Å². The Bertz CT molecular complexity index is 922. The highest BCUT2D eigenvalue weighted by Gasteiger charge is 2.03. The zero-order valence-electron chi connectivity index (χ0n) is 10.3. The van der Waals surface area contributed by atoms with Crippen molar-refractivity contribution in [2.24, 2.45) is 0 Å². The molecule has 0 spiro atoms. The summed E-state index contributed by atoms with van der Waals surface area (Å²) in [4.78, 5) is 0. The lowest BCUT2D eigenvalue weighted by Gasteiger charge is -2.06. The average molecular weight is 244 g/mol. The third-order valence-electron chi connectivity index (χ3n) is 3.68. The molecule has 0 saturated heterocycles. The Morgan fingerprint density at radius 2 is 1.11 bits per heavy atom. The molecule has 19 heavy (non-hydrogen) atoms. The molecule has 1 nitrogen and oxygen atoms in total. The minimum absolute atomic E-state index is 0.340. The Balaban J connectivity index is 2.20. The molecular formula is C18H12O. The summed E-state index contributed by atoms with van der Waals surface area (Å²) in [6, 6.07) is 22.6. The molecule has 0 aliphatic heterocycles. The molecule has 90 valence electrons. The molecule has 0 unspecified atom stereocenters. The molecule has 0 fully saturated rings. The van der Waals surface area contributed by atoms with Crippen LogP contribution in [0.25, 0.3) is 32.3 Å². The van der Waals surface area contributed by atoms with E-state index in [4.69, 9.17) is 0 Å². The highest BCUT2D eigenvalue weighted by Crippen LogP contribution is 2.31. The number of fused-ring (bicyclic) bond motifs is 3. The maximum Gasteiger partial charge on any atom is 0.123 e. The van der Waals surface area contributed by atoms with Crippen molar-refractivity contribution in [3.05, 3.63) is 66.7 Å². The number of aromatic hydroxyl groups is 1. The first kappa shape index (κ1) is 10.4. The van der Waals surface area contributed by atoms with Gasteiger partial charge in [0.2, 0.25) is 0 Å². The van der Waals surface area contributed by atoms with Gasteiger partial charge in [0, 0.05) is 5.39 Å². The first-order valence-corrected chi connectivity index (χ1v) is 6.35. The maximum absolute atomic E-state index is 9.94. The topological polar surface area (TPSA) is 20.2 Å². The quantitative estimate of drug-likeness (QED) is 0.438. The van der Waals surface area contributed by atoms with Crippen molar-refractivity contribution in [2.45, 2.75) is 0 Å². The Kier molecular flexibility index (Phi) is 2.04. The van der Waals surface area contributed by atoms with E-state index < -0.39 is 0 Å². The zero-order valence-corrected chi connectivity index (χ0v) is 10.3. The Labute approximate surface area is 110 Å². The molecule has 1 N–H and O–H groups in total. The van der Waals surface area contributed by atoms with E-state index in [1.165, 1.54) is 16.2 Å². The predicted octanol–water partition coefficient (Wildman–Crippen LogP) is 4.85. The third kappa shape index (κ3) is 1.55. The van der Waals surface area contributed by atoms with Crippen molar-refractivity contribution in [1.82, 2.24) is 0 Å². The summed E-state index contributed by atoms with van der Waals surface area (Å²) in [6.45, 7) is 0. The summed E-state index contributed by atoms with van der Waals surface area (Å²) in [5, 5.41) is 16.8. The van der Waals surface area contributed by atoms with Crippen LogP contribution >= 0.6 is 0 Å². The van der Waals surface area contributed by atoms with Crippen LogP contribution in [0.3, 0.4) is 0 Å². The predicted molar refractivity (Wildman–Crippen MR) is 80.6 cm³/mol. The van der Waals surface area contributed by atoms with Gasteiger partial charge in [-0.3, -0.25) is 0 Å². The van der Waals surface area contributed by atoms with Gasteiger partial charge in [0.15, 0.2) is 0 Å². The Hall–Kier alpha value is -2.54. The Morgan fingerprint density at radius 3 is 1.84 bits per heavy atom. The van der Waals surface area contributed by atoms with Gasteiger partial charge in [-0.05, 0) is 57.3 Å². The summed E-state index contributed by atoms with van der Waals surface area (Å²) in [5.74, 6) is 0.340. The lowest BCUT2D eigenvalue weighted by molar-refractivity contribution is 0.481. The summed E-state index contributed by atoms with van der Waals surface area (Å²) >= 11 is 0. The van der Waals surface area contributed by atoms with Crippen molar-refractivity contribution in [2.75, 3.05) is 0 Å². The van der Waals surface area contributed by atoms with E-state index in [0.717, 1.165) is 16.2 Å². The lowest BCUT2D eigenvalue weighted by atomic mass is 9.99. The van der Waals surface area contributed by atoms with E-state index in [1.807, 2.05) is 18.2 Å². The molecule has 0 saturated carbocycles. The van der Waals surface area contributed by atoms with Crippen LogP contribution in [0.15, 0.2) is 66.7 Å². The molecular weight excluding hydrogens is 232 g/mol. The molecule has 0 heterocycles. The molecule has 4 aromatic rings. The molecule has 0 atom stereocenters. The van der Waals surface area contributed by atoms with E-state index in [1.54, 1.807) is 6.07 Å². The molecule has 4 rings (SSSR count). The molecule has 0 bridgehead atoms. The smallest absolute Gasteiger partial charge is 0.123 e. The first-order valence-electron chi connectivity index (χ1n) is 6.35. The van der Waals surface area contributed by atoms with Crippen molar-refractivity contribution < 1.29 is 5.11 Å². The monoisotopic (exact) mass is 244 g/mol. The minimum atomic E-state index is 0.340. The van der Waals surface area contributed by atoms with E-state index in [9.17, 15) is 5.11 Å². The molecule has 0 amide bonds. The largest absolute Gasteiger partial charge is 0.507 e. The van der Waals surface area contributed by atoms with Crippen molar-refractivity contribution >= 4 is 32.3 Å². The highest BCUT2D eigenvalue weighted by atomic mass is 16.3. The standard InChI is InChI=1S/C18H12O/c19-18-7-3-6-14-10-15-8-12-4-1-2-5-13(12)9-16(15)11-17(14)18/h1-11,19H. The molecule has 0 aromatic heterocycles. The summed E-state index contributed by atoms with van der Waals surface area (Å²) in [6.07, 6.45) is 0. The Morgan fingerprint density at radius 1 is 0.526 bits per heavy atom. The fraction of sp³-hybridized carbons (Fsp3) is 0. The number of benzene rings is 4. The SMILES string of the molecule is Oc1cccc2cc3cc4ccccc4cc3cc12. The molecule has 1 heteroatoms. The maximum atomic E-state index is 9.94. The van der Waals surface area contributed by atoms with Crippen molar-refractivity contribution in [3.63, 3.8) is 0 Å². The fourth-order valence-electron chi connectivity index (χ4n) is 2.70. The number of hydrogen-bond donors (Lipinski definition) is 1.